The Hall–Kier alpha value is -2.75. The van der Waals surface area contributed by atoms with Crippen molar-refractivity contribution in [2.45, 2.75) is 31.9 Å². The van der Waals surface area contributed by atoms with Crippen LogP contribution in [-0.4, -0.2) is 22.9 Å². The van der Waals surface area contributed by atoms with E-state index in [1.807, 2.05) is 0 Å². The average Bonchev–Trinajstić information content (AvgIpc) is 2.84. The summed E-state index contributed by atoms with van der Waals surface area (Å²) in [5, 5.41) is -0.672. The van der Waals surface area contributed by atoms with Gasteiger partial charge in [-0.25, -0.2) is 9.69 Å². The van der Waals surface area contributed by atoms with Crippen molar-refractivity contribution in [3.8, 4) is 0 Å². The Balaban J connectivity index is 1.85. The molecule has 0 N–H and O–H groups in total. The second-order valence-electron chi connectivity index (χ2n) is 6.62. The van der Waals surface area contributed by atoms with Crippen molar-refractivity contribution in [1.29, 1.82) is 0 Å². The first-order chi connectivity index (χ1) is 13.8. The quantitative estimate of drug-likeness (QED) is 0.442. The van der Waals surface area contributed by atoms with Gasteiger partial charge in [-0.2, -0.15) is 26.3 Å². The van der Waals surface area contributed by atoms with E-state index in [-0.39, 0.29) is 12.2 Å². The molecule has 0 spiro atoms. The van der Waals surface area contributed by atoms with Crippen LogP contribution in [0.25, 0.3) is 0 Å². The number of urea groups is 1. The number of anilines is 1. The van der Waals surface area contributed by atoms with Gasteiger partial charge in [-0.1, -0.05) is 23.7 Å². The van der Waals surface area contributed by atoms with E-state index >= 15 is 0 Å². The third kappa shape index (κ3) is 4.09. The Labute approximate surface area is 171 Å². The molecule has 3 amide bonds. The predicted molar refractivity (Wildman–Crippen MR) is 95.8 cm³/mol. The molecule has 2 aromatic carbocycles. The van der Waals surface area contributed by atoms with Crippen molar-refractivity contribution < 1.29 is 35.9 Å². The third-order valence-electron chi connectivity index (χ3n) is 4.63. The predicted octanol–water partition coefficient (Wildman–Crippen LogP) is 5.73. The lowest BCUT2D eigenvalue weighted by Crippen LogP contribution is -2.33. The molecule has 1 aliphatic heterocycles. The highest BCUT2D eigenvalue weighted by Crippen LogP contribution is 2.38. The Morgan fingerprint density at radius 2 is 1.53 bits per heavy atom. The fourth-order valence-electron chi connectivity index (χ4n) is 3.02. The van der Waals surface area contributed by atoms with Crippen molar-refractivity contribution in [2.75, 3.05) is 4.90 Å². The second-order valence-corrected chi connectivity index (χ2v) is 7.02. The van der Waals surface area contributed by atoms with Crippen molar-refractivity contribution in [3.63, 3.8) is 0 Å². The topological polar surface area (TPSA) is 40.6 Å². The summed E-state index contributed by atoms with van der Waals surface area (Å²) in [6.07, 6.45) is -9.21. The van der Waals surface area contributed by atoms with Gasteiger partial charge in [0.15, 0.2) is 0 Å². The van der Waals surface area contributed by atoms with E-state index in [4.69, 9.17) is 11.6 Å². The van der Waals surface area contributed by atoms with Crippen molar-refractivity contribution in [3.05, 3.63) is 64.2 Å². The SMILES string of the molecule is C[C@H]1C(=O)N(c2ccc(C(F)(F)F)c(Cl)c2)C(=O)N1Cc1ccc(C(F)(F)F)cc1. The number of benzene rings is 2. The highest BCUT2D eigenvalue weighted by atomic mass is 35.5. The minimum absolute atomic E-state index is 0.134. The summed E-state index contributed by atoms with van der Waals surface area (Å²) in [5.74, 6) is -0.692. The number of carbonyl (C=O) groups excluding carboxylic acids is 2. The number of halogens is 7. The van der Waals surface area contributed by atoms with Gasteiger partial charge in [0, 0.05) is 6.54 Å². The van der Waals surface area contributed by atoms with Crippen LogP contribution in [0, 0.1) is 0 Å². The van der Waals surface area contributed by atoms with Gasteiger partial charge in [0.05, 0.1) is 21.8 Å². The molecular weight excluding hydrogens is 438 g/mol. The summed E-state index contributed by atoms with van der Waals surface area (Å²) >= 11 is 5.67. The normalized spacial score (nSPS) is 17.8. The van der Waals surface area contributed by atoms with E-state index in [1.165, 1.54) is 19.1 Å². The summed E-state index contributed by atoms with van der Waals surface area (Å²) in [4.78, 5) is 27.1. The number of alkyl halides is 6. The highest BCUT2D eigenvalue weighted by Gasteiger charge is 2.44. The molecule has 0 saturated carbocycles. The number of carbonyl (C=O) groups is 2. The molecule has 1 aliphatic rings. The number of hydrogen-bond acceptors (Lipinski definition) is 2. The first-order valence-electron chi connectivity index (χ1n) is 8.48. The molecule has 4 nitrogen and oxygen atoms in total. The molecule has 0 unspecified atom stereocenters. The standard InChI is InChI=1S/C19H13ClF6N2O2/c1-10-16(29)28(13-6-7-14(15(20)8-13)19(24,25)26)17(30)27(10)9-11-2-4-12(5-3-11)18(21,22)23/h2-8,10H,9H2,1H3/t10-/m0/s1. The highest BCUT2D eigenvalue weighted by molar-refractivity contribution is 6.32. The Morgan fingerprint density at radius 3 is 2.03 bits per heavy atom. The lowest BCUT2D eigenvalue weighted by molar-refractivity contribution is -0.138. The maximum atomic E-state index is 12.9. The van der Waals surface area contributed by atoms with Crippen LogP contribution < -0.4 is 4.90 Å². The van der Waals surface area contributed by atoms with Crippen LogP contribution in [0.1, 0.15) is 23.6 Å². The van der Waals surface area contributed by atoms with Crippen LogP contribution in [0.3, 0.4) is 0 Å². The smallest absolute Gasteiger partial charge is 0.308 e. The van der Waals surface area contributed by atoms with Crippen molar-refractivity contribution in [1.82, 2.24) is 4.90 Å². The fraction of sp³-hybridized carbons (Fsp3) is 0.263. The summed E-state index contributed by atoms with van der Waals surface area (Å²) in [6, 6.07) is 4.79. The maximum Gasteiger partial charge on any atom is 0.417 e. The molecule has 0 aliphatic carbocycles. The molecule has 0 radical (unpaired) electrons. The number of nitrogens with zero attached hydrogens (tertiary/aromatic N) is 2. The van der Waals surface area contributed by atoms with Gasteiger partial charge < -0.3 is 4.90 Å². The molecule has 0 bridgehead atoms. The minimum Gasteiger partial charge on any atom is -0.308 e. The van der Waals surface area contributed by atoms with E-state index in [0.717, 1.165) is 29.2 Å². The van der Waals surface area contributed by atoms with E-state index in [1.54, 1.807) is 0 Å². The molecule has 0 aromatic heterocycles. The number of hydrogen-bond donors (Lipinski definition) is 0. The number of amides is 3. The Bertz CT molecular complexity index is 988. The third-order valence-corrected chi connectivity index (χ3v) is 4.95. The van der Waals surface area contributed by atoms with Crippen LogP contribution in [0.15, 0.2) is 42.5 Å². The molecule has 2 aromatic rings. The maximum absolute atomic E-state index is 12.9. The van der Waals surface area contributed by atoms with Crippen LogP contribution in [-0.2, 0) is 23.7 Å². The lowest BCUT2D eigenvalue weighted by atomic mass is 10.1. The van der Waals surface area contributed by atoms with Crippen LogP contribution in [0.5, 0.6) is 0 Å². The van der Waals surface area contributed by atoms with Gasteiger partial charge in [-0.15, -0.1) is 0 Å². The van der Waals surface area contributed by atoms with Crippen LogP contribution >= 0.6 is 11.6 Å². The molecule has 3 rings (SSSR count). The fourth-order valence-corrected chi connectivity index (χ4v) is 3.30. The van der Waals surface area contributed by atoms with Gasteiger partial charge in [0.2, 0.25) is 0 Å². The second kappa shape index (κ2) is 7.50. The molecule has 1 saturated heterocycles. The van der Waals surface area contributed by atoms with Gasteiger partial charge in [0.25, 0.3) is 5.91 Å². The van der Waals surface area contributed by atoms with Gasteiger partial charge in [0.1, 0.15) is 6.04 Å². The van der Waals surface area contributed by atoms with E-state index < -0.39 is 46.5 Å². The Kier molecular flexibility index (Phi) is 5.48. The van der Waals surface area contributed by atoms with Gasteiger partial charge in [-0.3, -0.25) is 4.79 Å². The van der Waals surface area contributed by atoms with Crippen LogP contribution in [0.2, 0.25) is 5.02 Å². The van der Waals surface area contributed by atoms with Crippen molar-refractivity contribution >= 4 is 29.2 Å². The molecule has 1 heterocycles. The summed E-state index contributed by atoms with van der Waals surface area (Å²) in [5.41, 5.74) is -1.75. The molecule has 1 atom stereocenters. The van der Waals surface area contributed by atoms with E-state index in [0.29, 0.717) is 16.5 Å². The van der Waals surface area contributed by atoms with Crippen molar-refractivity contribution in [2.24, 2.45) is 0 Å². The zero-order valence-electron chi connectivity index (χ0n) is 15.2. The van der Waals surface area contributed by atoms with E-state index in [9.17, 15) is 35.9 Å². The average molecular weight is 451 g/mol. The van der Waals surface area contributed by atoms with Gasteiger partial charge >= 0.3 is 18.4 Å². The summed E-state index contributed by atoms with van der Waals surface area (Å²) in [7, 11) is 0. The van der Waals surface area contributed by atoms with E-state index in [2.05, 4.69) is 0 Å². The Morgan fingerprint density at radius 1 is 0.933 bits per heavy atom. The molecule has 11 heteroatoms. The minimum atomic E-state index is -4.70. The monoisotopic (exact) mass is 450 g/mol. The molecular formula is C19H13ClF6N2O2. The zero-order chi connectivity index (χ0) is 22.4. The molecule has 30 heavy (non-hydrogen) atoms. The molecule has 160 valence electrons. The first kappa shape index (κ1) is 21.9. The summed E-state index contributed by atoms with van der Waals surface area (Å²) in [6.45, 7) is 1.25. The van der Waals surface area contributed by atoms with Gasteiger partial charge in [-0.05, 0) is 42.8 Å². The number of rotatable bonds is 3. The first-order valence-corrected chi connectivity index (χ1v) is 8.86. The number of imide groups is 1. The lowest BCUT2D eigenvalue weighted by Gasteiger charge is -2.20. The largest absolute Gasteiger partial charge is 0.417 e. The van der Waals surface area contributed by atoms with Crippen LogP contribution in [0.4, 0.5) is 36.8 Å². The zero-order valence-corrected chi connectivity index (χ0v) is 15.9. The summed E-state index contributed by atoms with van der Waals surface area (Å²) < 4.78 is 76.6. The molecule has 1 fully saturated rings.